The second-order valence-corrected chi connectivity index (χ2v) is 16.2. The topological polar surface area (TPSA) is 70.1 Å². The van der Waals surface area contributed by atoms with E-state index in [0.29, 0.717) is 6.61 Å². The molecule has 3 amide bonds. The monoisotopic (exact) mass is 396 g/mol. The third-order valence-corrected chi connectivity index (χ3v) is 8.45. The van der Waals surface area contributed by atoms with E-state index < -0.39 is 13.6 Å². The summed E-state index contributed by atoms with van der Waals surface area (Å²) in [7, 11) is -1.19. The van der Waals surface area contributed by atoms with Crippen molar-refractivity contribution in [2.45, 2.75) is 95.7 Å². The number of amides is 3. The molecule has 0 radical (unpaired) electrons. The number of ether oxygens (including phenoxy) is 1. The first-order valence-corrected chi connectivity index (χ1v) is 14.1. The summed E-state index contributed by atoms with van der Waals surface area (Å²) in [5.74, 6) is -0.152. The number of imide groups is 1. The van der Waals surface area contributed by atoms with Gasteiger partial charge in [0.2, 0.25) is 0 Å². The Bertz CT molecular complexity index is 585. The Hall–Kier alpha value is -0.923. The molecule has 0 unspecified atom stereocenters. The van der Waals surface area contributed by atoms with Gasteiger partial charge in [0.05, 0.1) is 6.10 Å². The second-order valence-electron chi connectivity index (χ2n) is 10.6. The van der Waals surface area contributed by atoms with Crippen LogP contribution >= 0.6 is 0 Å². The molecule has 6 nitrogen and oxygen atoms in total. The van der Waals surface area contributed by atoms with Crippen LogP contribution in [0.2, 0.25) is 25.7 Å². The van der Waals surface area contributed by atoms with Crippen molar-refractivity contribution >= 4 is 20.0 Å². The zero-order valence-electron chi connectivity index (χ0n) is 17.6. The summed E-state index contributed by atoms with van der Waals surface area (Å²) in [6.45, 7) is 11.2. The molecule has 1 heterocycles. The minimum atomic E-state index is -1.19. The number of aliphatic hydroxyl groups is 1. The lowest BCUT2D eigenvalue weighted by Crippen LogP contribution is -2.58. The van der Waals surface area contributed by atoms with Crippen molar-refractivity contribution in [2.24, 2.45) is 5.41 Å². The van der Waals surface area contributed by atoms with Gasteiger partial charge in [-0.15, -0.1) is 0 Å². The number of carbonyl (C=O) groups is 2. The number of aliphatic hydroxyl groups excluding tert-OH is 1. The molecular weight excluding hydrogens is 360 g/mol. The summed E-state index contributed by atoms with van der Waals surface area (Å²) in [5, 5.41) is 9.76. The van der Waals surface area contributed by atoms with Gasteiger partial charge in [0.1, 0.15) is 12.3 Å². The van der Waals surface area contributed by atoms with Crippen LogP contribution in [0, 0.1) is 5.41 Å². The molecule has 3 fully saturated rings. The maximum absolute atomic E-state index is 13.0. The molecule has 0 aromatic heterocycles. The highest BCUT2D eigenvalue weighted by atomic mass is 28.3. The Morgan fingerprint density at radius 1 is 1.15 bits per heavy atom. The van der Waals surface area contributed by atoms with Crippen LogP contribution in [0.4, 0.5) is 4.79 Å². The normalized spacial score (nSPS) is 33.7. The lowest BCUT2D eigenvalue weighted by atomic mass is 9.57. The van der Waals surface area contributed by atoms with Gasteiger partial charge in [-0.2, -0.15) is 0 Å². The number of hydrogen-bond donors (Lipinski definition) is 1. The van der Waals surface area contributed by atoms with Crippen LogP contribution in [-0.2, 0) is 9.53 Å². The first-order chi connectivity index (χ1) is 12.5. The lowest BCUT2D eigenvalue weighted by molar-refractivity contribution is -0.137. The molecule has 1 saturated heterocycles. The summed E-state index contributed by atoms with van der Waals surface area (Å²) in [5.41, 5.74) is -0.537. The summed E-state index contributed by atoms with van der Waals surface area (Å²) in [6.07, 6.45) is 5.53. The summed E-state index contributed by atoms with van der Waals surface area (Å²) >= 11 is 0. The van der Waals surface area contributed by atoms with Gasteiger partial charge in [0, 0.05) is 20.7 Å². The molecule has 7 heteroatoms. The van der Waals surface area contributed by atoms with Crippen LogP contribution in [0.3, 0.4) is 0 Å². The van der Waals surface area contributed by atoms with E-state index in [0.717, 1.165) is 44.6 Å². The largest absolute Gasteiger partial charge is 0.393 e. The maximum Gasteiger partial charge on any atom is 0.329 e. The number of carbonyl (C=O) groups excluding carboxylic acids is 2. The molecule has 0 aromatic carbocycles. The average Bonchev–Trinajstić information content (AvgIpc) is 2.69. The summed E-state index contributed by atoms with van der Waals surface area (Å²) < 4.78 is 5.69. The molecule has 1 N–H and O–H groups in total. The third-order valence-electron chi connectivity index (χ3n) is 6.74. The van der Waals surface area contributed by atoms with E-state index in [2.05, 4.69) is 19.6 Å². The first-order valence-electron chi connectivity index (χ1n) is 10.4. The van der Waals surface area contributed by atoms with Crippen LogP contribution in [0.25, 0.3) is 0 Å². The van der Waals surface area contributed by atoms with Crippen molar-refractivity contribution in [1.82, 2.24) is 9.80 Å². The number of rotatable bonds is 6. The SMILES string of the molecule is CC1(C)C(=O)N(COCC[Si](C)(C)C)C(=O)N1C1CC2(CCC(O)CC2)C1. The van der Waals surface area contributed by atoms with Crippen LogP contribution in [0.5, 0.6) is 0 Å². The molecule has 0 aromatic rings. The molecule has 154 valence electrons. The van der Waals surface area contributed by atoms with Gasteiger partial charge in [-0.3, -0.25) is 4.79 Å². The van der Waals surface area contributed by atoms with E-state index in [9.17, 15) is 14.7 Å². The van der Waals surface area contributed by atoms with Crippen molar-refractivity contribution < 1.29 is 19.4 Å². The predicted molar refractivity (Wildman–Crippen MR) is 107 cm³/mol. The van der Waals surface area contributed by atoms with E-state index in [1.54, 1.807) is 4.90 Å². The van der Waals surface area contributed by atoms with Gasteiger partial charge >= 0.3 is 6.03 Å². The molecule has 3 aliphatic rings. The quantitative estimate of drug-likeness (QED) is 0.424. The maximum atomic E-state index is 13.0. The number of hydrogen-bond acceptors (Lipinski definition) is 4. The van der Waals surface area contributed by atoms with E-state index in [-0.39, 0.29) is 36.2 Å². The van der Waals surface area contributed by atoms with Gasteiger partial charge in [0.25, 0.3) is 5.91 Å². The molecule has 0 atom stereocenters. The van der Waals surface area contributed by atoms with Crippen molar-refractivity contribution in [3.8, 4) is 0 Å². The Labute approximate surface area is 164 Å². The van der Waals surface area contributed by atoms with Gasteiger partial charge in [-0.1, -0.05) is 19.6 Å². The van der Waals surface area contributed by atoms with Crippen LogP contribution in [0.1, 0.15) is 52.4 Å². The standard InChI is InChI=1S/C20H36N2O4Si/c1-19(2)17(24)21(14-26-10-11-27(3,4)5)18(25)22(19)15-12-20(13-15)8-6-16(23)7-9-20/h15-16,23H,6-14H2,1-5H3. The Balaban J connectivity index is 1.58. The van der Waals surface area contributed by atoms with Gasteiger partial charge in [0.15, 0.2) is 0 Å². The highest BCUT2D eigenvalue weighted by molar-refractivity contribution is 6.76. The fourth-order valence-electron chi connectivity index (χ4n) is 4.90. The summed E-state index contributed by atoms with van der Waals surface area (Å²) in [4.78, 5) is 28.9. The van der Waals surface area contributed by atoms with Crippen molar-refractivity contribution in [1.29, 1.82) is 0 Å². The molecule has 2 saturated carbocycles. The van der Waals surface area contributed by atoms with E-state index in [1.165, 1.54) is 4.90 Å². The van der Waals surface area contributed by atoms with E-state index in [4.69, 9.17) is 4.74 Å². The third kappa shape index (κ3) is 4.10. The Morgan fingerprint density at radius 3 is 2.30 bits per heavy atom. The fourth-order valence-corrected chi connectivity index (χ4v) is 5.65. The number of nitrogens with zero attached hydrogens (tertiary/aromatic N) is 2. The lowest BCUT2D eigenvalue weighted by Gasteiger charge is -2.55. The van der Waals surface area contributed by atoms with Crippen molar-refractivity contribution in [3.05, 3.63) is 0 Å². The Kier molecular flexibility index (Phi) is 5.51. The molecule has 3 rings (SSSR count). The molecular formula is C20H36N2O4Si. The second kappa shape index (κ2) is 7.15. The molecule has 27 heavy (non-hydrogen) atoms. The minimum absolute atomic E-state index is 0.0616. The smallest absolute Gasteiger partial charge is 0.329 e. The van der Waals surface area contributed by atoms with Crippen LogP contribution in [0.15, 0.2) is 0 Å². The minimum Gasteiger partial charge on any atom is -0.393 e. The Morgan fingerprint density at radius 2 is 1.74 bits per heavy atom. The molecule has 0 bridgehead atoms. The average molecular weight is 397 g/mol. The van der Waals surface area contributed by atoms with Gasteiger partial charge in [-0.05, 0) is 63.8 Å². The van der Waals surface area contributed by atoms with Crippen molar-refractivity contribution in [2.75, 3.05) is 13.3 Å². The molecule has 1 aliphatic heterocycles. The fraction of sp³-hybridized carbons (Fsp3) is 0.900. The highest BCUT2D eigenvalue weighted by Gasteiger charge is 2.59. The van der Waals surface area contributed by atoms with Crippen molar-refractivity contribution in [3.63, 3.8) is 0 Å². The van der Waals surface area contributed by atoms with Gasteiger partial charge < -0.3 is 14.7 Å². The zero-order chi connectivity index (χ0) is 20.0. The van der Waals surface area contributed by atoms with E-state index in [1.807, 2.05) is 13.8 Å². The predicted octanol–water partition coefficient (Wildman–Crippen LogP) is 3.43. The first kappa shape index (κ1) is 20.8. The molecule has 2 aliphatic carbocycles. The highest BCUT2D eigenvalue weighted by Crippen LogP contribution is 2.55. The zero-order valence-corrected chi connectivity index (χ0v) is 18.6. The van der Waals surface area contributed by atoms with Crippen LogP contribution < -0.4 is 0 Å². The van der Waals surface area contributed by atoms with E-state index >= 15 is 0 Å². The molecule has 1 spiro atoms. The summed E-state index contributed by atoms with van der Waals surface area (Å²) in [6, 6.07) is 0.945. The number of urea groups is 1. The van der Waals surface area contributed by atoms with Gasteiger partial charge in [-0.25, -0.2) is 9.69 Å². The van der Waals surface area contributed by atoms with Crippen LogP contribution in [-0.4, -0.2) is 65.9 Å².